The van der Waals surface area contributed by atoms with Crippen molar-refractivity contribution in [2.24, 2.45) is 0 Å². The number of aromatic nitrogens is 3. The van der Waals surface area contributed by atoms with Gasteiger partial charge in [0.2, 0.25) is 0 Å². The van der Waals surface area contributed by atoms with E-state index in [1.54, 1.807) is 24.3 Å². The molecule has 0 radical (unpaired) electrons. The summed E-state index contributed by atoms with van der Waals surface area (Å²) in [5, 5.41) is 6.21. The summed E-state index contributed by atoms with van der Waals surface area (Å²) in [6.45, 7) is 6.91. The Balaban J connectivity index is 1.92. The van der Waals surface area contributed by atoms with Gasteiger partial charge in [0.05, 0.1) is 0 Å². The van der Waals surface area contributed by atoms with Crippen LogP contribution in [0.5, 0.6) is 0 Å². The standard InChI is InChI=1S/C20H20F5N5O/c1-4-29(5-2)14-8-6-13(7-9-14)27-18(31)15-11-17-26-12(3)10-16(30(17)28-15)19(21,22)20(23,24)25/h6-11H,4-5H2,1-3H3,(H,27,31). The molecule has 11 heteroatoms. The first-order valence-electron chi connectivity index (χ1n) is 9.46. The largest absolute Gasteiger partial charge is 0.459 e. The Kier molecular flexibility index (Phi) is 5.88. The molecule has 0 aliphatic carbocycles. The molecule has 2 aromatic heterocycles. The summed E-state index contributed by atoms with van der Waals surface area (Å²) in [5.74, 6) is -5.93. The Bertz CT molecular complexity index is 1090. The maximum atomic E-state index is 14.0. The normalized spacial score (nSPS) is 12.3. The van der Waals surface area contributed by atoms with Gasteiger partial charge in [0.25, 0.3) is 5.91 Å². The summed E-state index contributed by atoms with van der Waals surface area (Å²) in [6, 6.07) is 8.59. The van der Waals surface area contributed by atoms with Crippen molar-refractivity contribution in [2.75, 3.05) is 23.3 Å². The number of nitrogens with one attached hydrogen (secondary N) is 1. The smallest absolute Gasteiger partial charge is 0.372 e. The highest BCUT2D eigenvalue weighted by atomic mass is 19.4. The molecule has 0 atom stereocenters. The maximum absolute atomic E-state index is 14.0. The molecule has 0 saturated heterocycles. The monoisotopic (exact) mass is 441 g/mol. The molecule has 6 nitrogen and oxygen atoms in total. The zero-order valence-electron chi connectivity index (χ0n) is 17.0. The van der Waals surface area contributed by atoms with Gasteiger partial charge in [-0.25, -0.2) is 9.50 Å². The third kappa shape index (κ3) is 4.30. The Hall–Kier alpha value is -3.24. The number of carbonyl (C=O) groups is 1. The zero-order chi connectivity index (χ0) is 23.0. The minimum Gasteiger partial charge on any atom is -0.372 e. The van der Waals surface area contributed by atoms with E-state index in [0.29, 0.717) is 16.3 Å². The zero-order valence-corrected chi connectivity index (χ0v) is 17.0. The van der Waals surface area contributed by atoms with E-state index >= 15 is 0 Å². The topological polar surface area (TPSA) is 62.5 Å². The van der Waals surface area contributed by atoms with Crippen molar-refractivity contribution in [1.29, 1.82) is 0 Å². The molecule has 0 unspecified atom stereocenters. The van der Waals surface area contributed by atoms with Crippen molar-refractivity contribution in [1.82, 2.24) is 14.6 Å². The van der Waals surface area contributed by atoms with E-state index < -0.39 is 23.7 Å². The number of amides is 1. The predicted molar refractivity (Wildman–Crippen MR) is 106 cm³/mol. The van der Waals surface area contributed by atoms with Crippen LogP contribution in [0.25, 0.3) is 5.65 Å². The first-order chi connectivity index (χ1) is 14.5. The SMILES string of the molecule is CCN(CC)c1ccc(NC(=O)c2cc3nc(C)cc(C(F)(F)C(F)(F)F)n3n2)cc1. The predicted octanol–water partition coefficient (Wildman–Crippen LogP) is 4.79. The molecule has 31 heavy (non-hydrogen) atoms. The Morgan fingerprint density at radius 2 is 1.68 bits per heavy atom. The van der Waals surface area contributed by atoms with E-state index in [1.807, 2.05) is 13.8 Å². The number of fused-ring (bicyclic) bond motifs is 1. The van der Waals surface area contributed by atoms with Gasteiger partial charge in [-0.1, -0.05) is 0 Å². The number of alkyl halides is 5. The fourth-order valence-electron chi connectivity index (χ4n) is 3.12. The van der Waals surface area contributed by atoms with Crippen molar-refractivity contribution >= 4 is 22.9 Å². The van der Waals surface area contributed by atoms with E-state index in [4.69, 9.17) is 0 Å². The number of nitrogens with zero attached hydrogens (tertiary/aromatic N) is 4. The van der Waals surface area contributed by atoms with Gasteiger partial charge >= 0.3 is 12.1 Å². The highest BCUT2D eigenvalue weighted by Crippen LogP contribution is 2.43. The molecule has 2 heterocycles. The van der Waals surface area contributed by atoms with Crippen LogP contribution < -0.4 is 10.2 Å². The lowest BCUT2D eigenvalue weighted by atomic mass is 10.2. The van der Waals surface area contributed by atoms with Crippen molar-refractivity contribution in [3.05, 3.63) is 53.5 Å². The van der Waals surface area contributed by atoms with Crippen LogP contribution in [0, 0.1) is 6.92 Å². The van der Waals surface area contributed by atoms with E-state index in [1.165, 1.54) is 6.92 Å². The van der Waals surface area contributed by atoms with Crippen molar-refractivity contribution in [3.8, 4) is 0 Å². The number of carbonyl (C=O) groups excluding carboxylic acids is 1. The van der Waals surface area contributed by atoms with Crippen LogP contribution in [-0.4, -0.2) is 39.8 Å². The Morgan fingerprint density at radius 1 is 1.06 bits per heavy atom. The second-order valence-electron chi connectivity index (χ2n) is 6.83. The molecule has 166 valence electrons. The summed E-state index contributed by atoms with van der Waals surface area (Å²) in [7, 11) is 0. The van der Waals surface area contributed by atoms with Crippen LogP contribution in [0.2, 0.25) is 0 Å². The van der Waals surface area contributed by atoms with Crippen LogP contribution in [0.1, 0.15) is 35.7 Å². The highest BCUT2D eigenvalue weighted by Gasteiger charge is 2.60. The summed E-state index contributed by atoms with van der Waals surface area (Å²) >= 11 is 0. The molecule has 1 N–H and O–H groups in total. The van der Waals surface area contributed by atoms with Crippen molar-refractivity contribution in [2.45, 2.75) is 32.9 Å². The quantitative estimate of drug-likeness (QED) is 0.559. The average molecular weight is 441 g/mol. The number of anilines is 2. The number of hydrogen-bond acceptors (Lipinski definition) is 4. The molecule has 3 rings (SSSR count). The van der Waals surface area contributed by atoms with E-state index in [9.17, 15) is 26.7 Å². The Labute approximate surface area is 174 Å². The van der Waals surface area contributed by atoms with Crippen LogP contribution in [0.4, 0.5) is 33.3 Å². The summed E-state index contributed by atoms with van der Waals surface area (Å²) in [5.41, 5.74) is -0.737. The third-order valence-electron chi connectivity index (χ3n) is 4.72. The summed E-state index contributed by atoms with van der Waals surface area (Å²) < 4.78 is 66.9. The minimum atomic E-state index is -5.82. The molecule has 0 spiro atoms. The van der Waals surface area contributed by atoms with Gasteiger partial charge in [0, 0.05) is 36.2 Å². The number of benzene rings is 1. The number of halogens is 5. The highest BCUT2D eigenvalue weighted by molar-refractivity contribution is 6.03. The molecule has 0 bridgehead atoms. The van der Waals surface area contributed by atoms with E-state index in [-0.39, 0.29) is 17.0 Å². The molecule has 0 aliphatic heterocycles. The lowest BCUT2D eigenvalue weighted by Crippen LogP contribution is -2.36. The molecule has 0 aliphatic rings. The van der Waals surface area contributed by atoms with Crippen LogP contribution in [0.3, 0.4) is 0 Å². The molecule has 0 fully saturated rings. The number of aryl methyl sites for hydroxylation is 1. The van der Waals surface area contributed by atoms with E-state index in [2.05, 4.69) is 20.3 Å². The molecule has 3 aromatic rings. The average Bonchev–Trinajstić information content (AvgIpc) is 3.12. The molecular formula is C20H20F5N5O. The van der Waals surface area contributed by atoms with Crippen molar-refractivity contribution < 1.29 is 26.7 Å². The number of rotatable bonds is 6. The van der Waals surface area contributed by atoms with Gasteiger partial charge in [-0.15, -0.1) is 0 Å². The van der Waals surface area contributed by atoms with Gasteiger partial charge in [0.15, 0.2) is 11.3 Å². The second-order valence-corrected chi connectivity index (χ2v) is 6.83. The summed E-state index contributed by atoms with van der Waals surface area (Å²) in [6.07, 6.45) is -5.82. The number of hydrogen-bond donors (Lipinski definition) is 1. The van der Waals surface area contributed by atoms with Gasteiger partial charge in [-0.3, -0.25) is 4.79 Å². The van der Waals surface area contributed by atoms with Gasteiger partial charge in [0.1, 0.15) is 5.69 Å². The first-order valence-corrected chi connectivity index (χ1v) is 9.46. The third-order valence-corrected chi connectivity index (χ3v) is 4.72. The van der Waals surface area contributed by atoms with E-state index in [0.717, 1.165) is 24.8 Å². The van der Waals surface area contributed by atoms with Crippen LogP contribution in [0.15, 0.2) is 36.4 Å². The van der Waals surface area contributed by atoms with Crippen LogP contribution >= 0.6 is 0 Å². The molecule has 1 amide bonds. The first kappa shape index (κ1) is 22.4. The van der Waals surface area contributed by atoms with Crippen molar-refractivity contribution in [3.63, 3.8) is 0 Å². The second kappa shape index (κ2) is 8.12. The molecular weight excluding hydrogens is 421 g/mol. The van der Waals surface area contributed by atoms with Gasteiger partial charge < -0.3 is 10.2 Å². The van der Waals surface area contributed by atoms with Gasteiger partial charge in [-0.2, -0.15) is 27.1 Å². The lowest BCUT2D eigenvalue weighted by molar-refractivity contribution is -0.291. The molecule has 0 saturated carbocycles. The van der Waals surface area contributed by atoms with Gasteiger partial charge in [-0.05, 0) is 51.1 Å². The molecule has 1 aromatic carbocycles. The summed E-state index contributed by atoms with van der Waals surface area (Å²) in [4.78, 5) is 18.5. The fraction of sp³-hybridized carbons (Fsp3) is 0.350. The maximum Gasteiger partial charge on any atom is 0.459 e. The lowest BCUT2D eigenvalue weighted by Gasteiger charge is -2.21. The Morgan fingerprint density at radius 3 is 2.23 bits per heavy atom. The van der Waals surface area contributed by atoms with Crippen LogP contribution in [-0.2, 0) is 5.92 Å². The minimum absolute atomic E-state index is 0.0646. The fourth-order valence-corrected chi connectivity index (χ4v) is 3.12.